The van der Waals surface area contributed by atoms with Crippen LogP contribution in [0.25, 0.3) is 89.5 Å². The Labute approximate surface area is 303 Å². The number of rotatable bonds is 5. The van der Waals surface area contributed by atoms with Crippen molar-refractivity contribution in [1.82, 2.24) is 15.0 Å². The van der Waals surface area contributed by atoms with Gasteiger partial charge in [-0.1, -0.05) is 165 Å². The molecular weight excluding hydrogens is 651 g/mol. The molecule has 0 aliphatic carbocycles. The van der Waals surface area contributed by atoms with E-state index in [4.69, 9.17) is 19.4 Å². The summed E-state index contributed by atoms with van der Waals surface area (Å²) >= 11 is 0. The van der Waals surface area contributed by atoms with Gasteiger partial charge in [0.25, 0.3) is 0 Å². The quantitative estimate of drug-likeness (QED) is 0.169. The van der Waals surface area contributed by atoms with E-state index in [-0.39, 0.29) is 0 Å². The van der Waals surface area contributed by atoms with Gasteiger partial charge in [-0.05, 0) is 55.9 Å². The van der Waals surface area contributed by atoms with Gasteiger partial charge in [-0.25, -0.2) is 15.0 Å². The molecule has 52 heavy (non-hydrogen) atoms. The summed E-state index contributed by atoms with van der Waals surface area (Å²) in [6.07, 6.45) is 0. The minimum absolute atomic E-state index is 0.582. The van der Waals surface area contributed by atoms with Gasteiger partial charge in [0.2, 0.25) is 0 Å². The molecule has 0 radical (unpaired) electrons. The van der Waals surface area contributed by atoms with E-state index in [9.17, 15) is 0 Å². The Morgan fingerprint density at radius 2 is 0.923 bits per heavy atom. The van der Waals surface area contributed by atoms with Gasteiger partial charge in [0, 0.05) is 21.9 Å². The van der Waals surface area contributed by atoms with Crippen LogP contribution in [0, 0.1) is 0 Å². The van der Waals surface area contributed by atoms with Crippen LogP contribution in [0.3, 0.4) is 0 Å². The summed E-state index contributed by atoms with van der Waals surface area (Å²) in [6.45, 7) is 4.91. The Morgan fingerprint density at radius 3 is 1.63 bits per heavy atom. The first-order valence-corrected chi connectivity index (χ1v) is 20.7. The van der Waals surface area contributed by atoms with E-state index in [0.29, 0.717) is 17.5 Å². The molecule has 0 atom stereocenters. The summed E-state index contributed by atoms with van der Waals surface area (Å²) in [5.41, 5.74) is 11.4. The van der Waals surface area contributed by atoms with Gasteiger partial charge in [-0.15, -0.1) is 0 Å². The highest BCUT2D eigenvalue weighted by Gasteiger charge is 2.41. The first-order valence-electron chi connectivity index (χ1n) is 17.7. The van der Waals surface area contributed by atoms with Crippen LogP contribution >= 0.6 is 0 Å². The number of fused-ring (bicyclic) bond motifs is 6. The lowest BCUT2D eigenvalue weighted by Crippen LogP contribution is -2.50. The van der Waals surface area contributed by atoms with E-state index in [0.717, 1.165) is 60.9 Å². The molecule has 0 fully saturated rings. The van der Waals surface area contributed by atoms with Crippen LogP contribution in [0.1, 0.15) is 0 Å². The molecule has 0 saturated carbocycles. The van der Waals surface area contributed by atoms with Crippen molar-refractivity contribution < 1.29 is 4.42 Å². The van der Waals surface area contributed by atoms with Crippen LogP contribution in [0.5, 0.6) is 0 Å². The fourth-order valence-electron chi connectivity index (χ4n) is 8.15. The molecule has 7 aromatic carbocycles. The number of hydrogen-bond donors (Lipinski definition) is 0. The highest BCUT2D eigenvalue weighted by molar-refractivity contribution is 7.04. The van der Waals surface area contributed by atoms with E-state index >= 15 is 0 Å². The van der Waals surface area contributed by atoms with Gasteiger partial charge in [-0.3, -0.25) is 0 Å². The lowest BCUT2D eigenvalue weighted by atomic mass is 9.94. The lowest BCUT2D eigenvalue weighted by Gasteiger charge is -2.24. The summed E-state index contributed by atoms with van der Waals surface area (Å²) in [7, 11) is -2.21. The average molecular weight is 684 g/mol. The van der Waals surface area contributed by atoms with Gasteiger partial charge in [0.15, 0.2) is 17.5 Å². The lowest BCUT2D eigenvalue weighted by molar-refractivity contribution is 0.669. The standard InChI is InChI=1S/C47H33N3OSi/c1-52(2)40-25-15-13-23-36(40)38-29-27-34(31-18-8-4-9-19-31)42(44(38)52)47-49-45(32-20-10-5-11-21-32)48-46(50-47)41-33(30-16-6-3-7-17-30)26-28-37-35-22-12-14-24-39(35)51-43(37)41/h3-29H,1-2H3. The van der Waals surface area contributed by atoms with Crippen LogP contribution in [0.2, 0.25) is 13.1 Å². The third-order valence-electron chi connectivity index (χ3n) is 10.6. The van der Waals surface area contributed by atoms with Crippen molar-refractivity contribution in [3.63, 3.8) is 0 Å². The molecule has 0 bridgehead atoms. The Kier molecular flexibility index (Phi) is 6.91. The number of aromatic nitrogens is 3. The molecule has 0 saturated heterocycles. The molecule has 0 N–H and O–H groups in total. The van der Waals surface area contributed by atoms with Gasteiger partial charge in [0.1, 0.15) is 19.2 Å². The zero-order valence-corrected chi connectivity index (χ0v) is 29.8. The molecule has 1 aliphatic rings. The normalized spacial score (nSPS) is 13.0. The summed E-state index contributed by atoms with van der Waals surface area (Å²) in [4.78, 5) is 16.2. The average Bonchev–Trinajstić information content (AvgIpc) is 3.70. The van der Waals surface area contributed by atoms with Crippen molar-refractivity contribution in [2.24, 2.45) is 0 Å². The Morgan fingerprint density at radius 1 is 0.404 bits per heavy atom. The van der Waals surface area contributed by atoms with Gasteiger partial charge >= 0.3 is 0 Å². The number of benzene rings is 7. The largest absolute Gasteiger partial charge is 0.455 e. The zero-order chi connectivity index (χ0) is 34.8. The third-order valence-corrected chi connectivity index (χ3v) is 14.1. The summed E-state index contributed by atoms with van der Waals surface area (Å²) in [6, 6.07) is 57.4. The maximum Gasteiger partial charge on any atom is 0.168 e. The second-order valence-electron chi connectivity index (χ2n) is 13.9. The smallest absolute Gasteiger partial charge is 0.168 e. The van der Waals surface area contributed by atoms with Crippen LogP contribution in [0.4, 0.5) is 0 Å². The molecule has 0 amide bonds. The zero-order valence-electron chi connectivity index (χ0n) is 28.8. The predicted octanol–water partition coefficient (Wildman–Crippen LogP) is 10.9. The minimum Gasteiger partial charge on any atom is -0.455 e. The van der Waals surface area contributed by atoms with Gasteiger partial charge < -0.3 is 4.42 Å². The summed E-state index contributed by atoms with van der Waals surface area (Å²) in [5, 5.41) is 4.89. The highest BCUT2D eigenvalue weighted by Crippen LogP contribution is 2.43. The summed E-state index contributed by atoms with van der Waals surface area (Å²) in [5.74, 6) is 1.87. The Hall–Kier alpha value is -6.43. The van der Waals surface area contributed by atoms with Crippen LogP contribution in [-0.4, -0.2) is 23.0 Å². The van der Waals surface area contributed by atoms with E-state index in [1.165, 1.54) is 21.5 Å². The topological polar surface area (TPSA) is 51.8 Å². The molecule has 0 unspecified atom stereocenters. The first-order chi connectivity index (χ1) is 25.6. The molecule has 1 aliphatic heterocycles. The van der Waals surface area contributed by atoms with Crippen LogP contribution in [0.15, 0.2) is 168 Å². The summed E-state index contributed by atoms with van der Waals surface area (Å²) < 4.78 is 6.74. The van der Waals surface area contributed by atoms with E-state index in [1.807, 2.05) is 36.4 Å². The van der Waals surface area contributed by atoms with E-state index in [2.05, 4.69) is 140 Å². The number of hydrogen-bond acceptors (Lipinski definition) is 4. The van der Waals surface area contributed by atoms with E-state index in [1.54, 1.807) is 0 Å². The maximum atomic E-state index is 6.74. The van der Waals surface area contributed by atoms with Crippen molar-refractivity contribution in [2.75, 3.05) is 0 Å². The Bertz CT molecular complexity index is 2810. The number of para-hydroxylation sites is 1. The second kappa shape index (κ2) is 11.8. The fraction of sp³-hybridized carbons (Fsp3) is 0.0426. The number of furan rings is 1. The SMILES string of the molecule is C[Si]1(C)c2ccccc2-c2ccc(-c3ccccc3)c(-c3nc(-c4ccccc4)nc(-c4c(-c5ccccc5)ccc5c4oc4ccccc45)n3)c21. The molecular formula is C47H33N3OSi. The van der Waals surface area contributed by atoms with Crippen LogP contribution < -0.4 is 10.4 Å². The molecule has 2 aromatic heterocycles. The molecule has 246 valence electrons. The maximum absolute atomic E-state index is 6.74. The third kappa shape index (κ3) is 4.70. The minimum atomic E-state index is -2.21. The number of nitrogens with zero attached hydrogens (tertiary/aromatic N) is 3. The van der Waals surface area contributed by atoms with E-state index < -0.39 is 8.07 Å². The monoisotopic (exact) mass is 683 g/mol. The van der Waals surface area contributed by atoms with Crippen molar-refractivity contribution in [2.45, 2.75) is 13.1 Å². The Balaban J connectivity index is 1.34. The second-order valence-corrected chi connectivity index (χ2v) is 18.2. The van der Waals surface area contributed by atoms with Crippen molar-refractivity contribution in [1.29, 1.82) is 0 Å². The molecule has 5 heteroatoms. The van der Waals surface area contributed by atoms with Crippen LogP contribution in [-0.2, 0) is 0 Å². The van der Waals surface area contributed by atoms with Crippen molar-refractivity contribution >= 4 is 40.4 Å². The molecule has 0 spiro atoms. The first kappa shape index (κ1) is 30.4. The van der Waals surface area contributed by atoms with Gasteiger partial charge in [-0.2, -0.15) is 0 Å². The van der Waals surface area contributed by atoms with Crippen molar-refractivity contribution in [3.8, 4) is 67.5 Å². The van der Waals surface area contributed by atoms with Crippen molar-refractivity contribution in [3.05, 3.63) is 164 Å². The molecule has 10 rings (SSSR count). The molecule has 4 nitrogen and oxygen atoms in total. The fourth-order valence-corrected chi connectivity index (χ4v) is 11.6. The molecule has 9 aromatic rings. The predicted molar refractivity (Wildman–Crippen MR) is 216 cm³/mol. The molecule has 3 heterocycles. The van der Waals surface area contributed by atoms with Gasteiger partial charge in [0.05, 0.1) is 5.56 Å². The highest BCUT2D eigenvalue weighted by atomic mass is 28.3.